The molecule has 1 N–H and O–H groups in total. The zero-order valence-corrected chi connectivity index (χ0v) is 12.0. The molecule has 0 aliphatic carbocycles. The highest BCUT2D eigenvalue weighted by Crippen LogP contribution is 2.25. The van der Waals surface area contributed by atoms with Gasteiger partial charge < -0.3 is 10.1 Å². The molecule has 0 aliphatic rings. The van der Waals surface area contributed by atoms with Crippen molar-refractivity contribution in [1.82, 2.24) is 5.32 Å². The van der Waals surface area contributed by atoms with Crippen molar-refractivity contribution in [3.63, 3.8) is 0 Å². The molecule has 0 saturated heterocycles. The molecular weight excluding hydrogens is 282 g/mol. The van der Waals surface area contributed by atoms with Crippen molar-refractivity contribution < 1.29 is 9.53 Å². The standard InChI is InChI=1S/C13H18BrNO2/c1-9(2)15-13(16)7-5-10-4-6-12(17-3)11(14)8-10/h4,6,8-9H,5,7H2,1-3H3,(H,15,16). The Morgan fingerprint density at radius 1 is 1.47 bits per heavy atom. The first-order chi connectivity index (χ1) is 8.02. The molecule has 0 heterocycles. The number of carbonyl (C=O) groups is 1. The molecule has 1 amide bonds. The van der Waals surface area contributed by atoms with E-state index in [2.05, 4.69) is 21.2 Å². The minimum absolute atomic E-state index is 0.0898. The molecule has 0 aliphatic heterocycles. The lowest BCUT2D eigenvalue weighted by Gasteiger charge is -2.09. The summed E-state index contributed by atoms with van der Waals surface area (Å²) in [5, 5.41) is 2.87. The van der Waals surface area contributed by atoms with E-state index >= 15 is 0 Å². The van der Waals surface area contributed by atoms with E-state index in [-0.39, 0.29) is 11.9 Å². The van der Waals surface area contributed by atoms with Crippen molar-refractivity contribution in [3.8, 4) is 5.75 Å². The van der Waals surface area contributed by atoms with E-state index in [0.29, 0.717) is 6.42 Å². The second-order valence-corrected chi connectivity index (χ2v) is 5.05. The second kappa shape index (κ2) is 6.64. The van der Waals surface area contributed by atoms with Gasteiger partial charge in [0.2, 0.25) is 5.91 Å². The average Bonchev–Trinajstić information content (AvgIpc) is 2.25. The van der Waals surface area contributed by atoms with Gasteiger partial charge in [0.1, 0.15) is 5.75 Å². The molecule has 0 spiro atoms. The van der Waals surface area contributed by atoms with Crippen LogP contribution in [0.15, 0.2) is 22.7 Å². The quantitative estimate of drug-likeness (QED) is 0.908. The number of aryl methyl sites for hydroxylation is 1. The third kappa shape index (κ3) is 4.77. The monoisotopic (exact) mass is 299 g/mol. The van der Waals surface area contributed by atoms with Gasteiger partial charge in [-0.3, -0.25) is 4.79 Å². The number of hydrogen-bond acceptors (Lipinski definition) is 2. The molecule has 1 aromatic rings. The van der Waals surface area contributed by atoms with Gasteiger partial charge >= 0.3 is 0 Å². The van der Waals surface area contributed by atoms with Gasteiger partial charge in [-0.15, -0.1) is 0 Å². The largest absolute Gasteiger partial charge is 0.496 e. The van der Waals surface area contributed by atoms with Crippen LogP contribution in [0.4, 0.5) is 0 Å². The van der Waals surface area contributed by atoms with E-state index in [0.717, 1.165) is 22.2 Å². The average molecular weight is 300 g/mol. The third-order valence-corrected chi connectivity index (χ3v) is 2.93. The molecule has 17 heavy (non-hydrogen) atoms. The molecule has 0 atom stereocenters. The lowest BCUT2D eigenvalue weighted by molar-refractivity contribution is -0.121. The zero-order chi connectivity index (χ0) is 12.8. The fourth-order valence-corrected chi connectivity index (χ4v) is 2.11. The molecule has 0 fully saturated rings. The van der Waals surface area contributed by atoms with Crippen LogP contribution in [0.3, 0.4) is 0 Å². The van der Waals surface area contributed by atoms with Crippen molar-refractivity contribution >= 4 is 21.8 Å². The Labute approximate surface area is 111 Å². The number of methoxy groups -OCH3 is 1. The van der Waals surface area contributed by atoms with Crippen LogP contribution in [0, 0.1) is 0 Å². The molecule has 1 rings (SSSR count). The first-order valence-corrected chi connectivity index (χ1v) is 6.44. The molecule has 4 heteroatoms. The van der Waals surface area contributed by atoms with Crippen LogP contribution in [0.1, 0.15) is 25.8 Å². The summed E-state index contributed by atoms with van der Waals surface area (Å²) >= 11 is 3.43. The maximum atomic E-state index is 11.5. The van der Waals surface area contributed by atoms with Gasteiger partial charge in [0.15, 0.2) is 0 Å². The van der Waals surface area contributed by atoms with Crippen LogP contribution in [-0.4, -0.2) is 19.1 Å². The summed E-state index contributed by atoms with van der Waals surface area (Å²) in [5.41, 5.74) is 1.12. The Balaban J connectivity index is 2.52. The summed E-state index contributed by atoms with van der Waals surface area (Å²) in [4.78, 5) is 11.5. The molecule has 1 aromatic carbocycles. The Kier molecular flexibility index (Phi) is 5.48. The van der Waals surface area contributed by atoms with Crippen molar-refractivity contribution in [2.45, 2.75) is 32.7 Å². The first-order valence-electron chi connectivity index (χ1n) is 5.64. The molecule has 0 radical (unpaired) electrons. The maximum Gasteiger partial charge on any atom is 0.220 e. The van der Waals surface area contributed by atoms with Crippen LogP contribution < -0.4 is 10.1 Å². The minimum atomic E-state index is 0.0898. The van der Waals surface area contributed by atoms with E-state index in [9.17, 15) is 4.79 Å². The van der Waals surface area contributed by atoms with Crippen molar-refractivity contribution in [1.29, 1.82) is 0 Å². The summed E-state index contributed by atoms with van der Waals surface area (Å²) < 4.78 is 6.07. The van der Waals surface area contributed by atoms with Crippen LogP contribution in [0.2, 0.25) is 0 Å². The number of nitrogens with one attached hydrogen (secondary N) is 1. The number of benzene rings is 1. The topological polar surface area (TPSA) is 38.3 Å². The number of halogens is 1. The van der Waals surface area contributed by atoms with Crippen molar-refractivity contribution in [2.75, 3.05) is 7.11 Å². The number of amides is 1. The minimum Gasteiger partial charge on any atom is -0.496 e. The van der Waals surface area contributed by atoms with E-state index in [4.69, 9.17) is 4.74 Å². The highest BCUT2D eigenvalue weighted by Gasteiger charge is 2.05. The van der Waals surface area contributed by atoms with Crippen molar-refractivity contribution in [3.05, 3.63) is 28.2 Å². The van der Waals surface area contributed by atoms with E-state index in [1.165, 1.54) is 0 Å². The summed E-state index contributed by atoms with van der Waals surface area (Å²) in [6, 6.07) is 6.07. The maximum absolute atomic E-state index is 11.5. The molecule has 0 saturated carbocycles. The summed E-state index contributed by atoms with van der Waals surface area (Å²) in [7, 11) is 1.63. The Morgan fingerprint density at radius 2 is 2.18 bits per heavy atom. The van der Waals surface area contributed by atoms with Gasteiger partial charge in [-0.05, 0) is 53.9 Å². The SMILES string of the molecule is COc1ccc(CCC(=O)NC(C)C)cc1Br. The number of carbonyl (C=O) groups excluding carboxylic acids is 1. The highest BCUT2D eigenvalue weighted by atomic mass is 79.9. The number of ether oxygens (including phenoxy) is 1. The lowest BCUT2D eigenvalue weighted by atomic mass is 10.1. The first kappa shape index (κ1) is 14.0. The summed E-state index contributed by atoms with van der Waals surface area (Å²) in [6.07, 6.45) is 1.25. The van der Waals surface area contributed by atoms with Crippen LogP contribution in [0.5, 0.6) is 5.75 Å². The molecule has 0 aromatic heterocycles. The lowest BCUT2D eigenvalue weighted by Crippen LogP contribution is -2.30. The van der Waals surface area contributed by atoms with Crippen LogP contribution in [0.25, 0.3) is 0 Å². The van der Waals surface area contributed by atoms with Gasteiger partial charge in [-0.1, -0.05) is 6.07 Å². The van der Waals surface area contributed by atoms with Gasteiger partial charge in [0.05, 0.1) is 11.6 Å². The highest BCUT2D eigenvalue weighted by molar-refractivity contribution is 9.10. The predicted molar refractivity (Wildman–Crippen MR) is 72.3 cm³/mol. The number of hydrogen-bond donors (Lipinski definition) is 1. The fraction of sp³-hybridized carbons (Fsp3) is 0.462. The van der Waals surface area contributed by atoms with Gasteiger partial charge in [0.25, 0.3) is 0 Å². The Hall–Kier alpha value is -1.03. The van der Waals surface area contributed by atoms with Gasteiger partial charge in [0, 0.05) is 12.5 Å². The normalized spacial score (nSPS) is 10.4. The molecule has 3 nitrogen and oxygen atoms in total. The summed E-state index contributed by atoms with van der Waals surface area (Å²) in [6.45, 7) is 3.92. The van der Waals surface area contributed by atoms with Gasteiger partial charge in [-0.25, -0.2) is 0 Å². The second-order valence-electron chi connectivity index (χ2n) is 4.19. The predicted octanol–water partition coefficient (Wildman–Crippen LogP) is 2.91. The number of rotatable bonds is 5. The summed E-state index contributed by atoms with van der Waals surface area (Å²) in [5.74, 6) is 0.896. The molecule has 0 bridgehead atoms. The molecular formula is C13H18BrNO2. The third-order valence-electron chi connectivity index (χ3n) is 2.31. The smallest absolute Gasteiger partial charge is 0.220 e. The Morgan fingerprint density at radius 3 is 2.71 bits per heavy atom. The fourth-order valence-electron chi connectivity index (χ4n) is 1.52. The Bertz CT molecular complexity index is 391. The molecule has 0 unspecified atom stereocenters. The van der Waals surface area contributed by atoms with E-state index in [1.807, 2.05) is 32.0 Å². The zero-order valence-electron chi connectivity index (χ0n) is 10.4. The van der Waals surface area contributed by atoms with Gasteiger partial charge in [-0.2, -0.15) is 0 Å². The van der Waals surface area contributed by atoms with E-state index < -0.39 is 0 Å². The van der Waals surface area contributed by atoms with Crippen molar-refractivity contribution in [2.24, 2.45) is 0 Å². The van der Waals surface area contributed by atoms with Crippen LogP contribution >= 0.6 is 15.9 Å². The molecule has 94 valence electrons. The van der Waals surface area contributed by atoms with E-state index in [1.54, 1.807) is 7.11 Å². The van der Waals surface area contributed by atoms with Crippen LogP contribution in [-0.2, 0) is 11.2 Å².